The second-order valence-electron chi connectivity index (χ2n) is 9.57. The van der Waals surface area contributed by atoms with Crippen molar-refractivity contribution in [1.82, 2.24) is 4.90 Å². The van der Waals surface area contributed by atoms with Crippen LogP contribution in [0.2, 0.25) is 0 Å². The van der Waals surface area contributed by atoms with Crippen LogP contribution in [0.25, 0.3) is 6.08 Å². The fourth-order valence-corrected chi connectivity index (χ4v) is 5.86. The van der Waals surface area contributed by atoms with Crippen molar-refractivity contribution in [3.8, 4) is 17.2 Å². The molecule has 3 aliphatic rings. The summed E-state index contributed by atoms with van der Waals surface area (Å²) in [7, 11) is 0. The van der Waals surface area contributed by atoms with Gasteiger partial charge in [0.1, 0.15) is 17.2 Å². The molecule has 0 aliphatic carbocycles. The molecule has 2 aromatic rings. The maximum absolute atomic E-state index is 13.4. The first-order valence-corrected chi connectivity index (χ1v) is 12.1. The van der Waals surface area contributed by atoms with Crippen LogP contribution in [0, 0.1) is 18.8 Å². The van der Waals surface area contributed by atoms with Crippen molar-refractivity contribution < 1.29 is 24.1 Å². The number of likely N-dealkylation sites (tertiary alicyclic amines) is 1. The Morgan fingerprint density at radius 1 is 1.18 bits per heavy atom. The molecule has 1 N–H and O–H groups in total. The third kappa shape index (κ3) is 4.29. The van der Waals surface area contributed by atoms with E-state index in [1.165, 1.54) is 6.42 Å². The van der Waals surface area contributed by atoms with Gasteiger partial charge in [0.2, 0.25) is 5.78 Å². The lowest BCUT2D eigenvalue weighted by Gasteiger charge is -2.35. The first-order valence-electron chi connectivity index (χ1n) is 11.3. The summed E-state index contributed by atoms with van der Waals surface area (Å²) in [5.74, 6) is 2.59. The standard InChI is InChI=1S/C26H28BrNO5/c1-14-4-15(2)10-28(9-14)11-20-21(29)5-16(3)23-24(30)22(33-26(20)23)8-17-6-19(27)7-18-12-31-13-32-25(17)18/h5-8,14-15,29H,4,9-13H2,1-3H3/b22-8+. The van der Waals surface area contributed by atoms with E-state index in [1.807, 2.05) is 19.1 Å². The van der Waals surface area contributed by atoms with Gasteiger partial charge in [0, 0.05) is 35.2 Å². The Bertz CT molecular complexity index is 1150. The fraction of sp³-hybridized carbons (Fsp3) is 0.423. The lowest BCUT2D eigenvalue weighted by Crippen LogP contribution is -2.38. The van der Waals surface area contributed by atoms with Crippen LogP contribution in [0.15, 0.2) is 28.4 Å². The van der Waals surface area contributed by atoms with E-state index in [9.17, 15) is 9.90 Å². The quantitative estimate of drug-likeness (QED) is 0.552. The number of fused-ring (bicyclic) bond motifs is 2. The number of rotatable bonds is 3. The predicted molar refractivity (Wildman–Crippen MR) is 128 cm³/mol. The van der Waals surface area contributed by atoms with Crippen LogP contribution in [-0.2, 0) is 17.9 Å². The molecule has 0 radical (unpaired) electrons. The number of ketones is 1. The van der Waals surface area contributed by atoms with Crippen molar-refractivity contribution in [3.63, 3.8) is 0 Å². The first-order chi connectivity index (χ1) is 15.8. The normalized spacial score (nSPS) is 23.8. The van der Waals surface area contributed by atoms with Crippen molar-refractivity contribution in [3.05, 3.63) is 56.2 Å². The van der Waals surface area contributed by atoms with E-state index >= 15 is 0 Å². The molecule has 3 aliphatic heterocycles. The van der Waals surface area contributed by atoms with Gasteiger partial charge in [-0.05, 0) is 55.0 Å². The molecule has 2 aromatic carbocycles. The maximum Gasteiger partial charge on any atom is 0.232 e. The molecule has 3 heterocycles. The van der Waals surface area contributed by atoms with Crippen molar-refractivity contribution in [1.29, 1.82) is 0 Å². The van der Waals surface area contributed by atoms with Gasteiger partial charge in [-0.15, -0.1) is 0 Å². The molecule has 0 spiro atoms. The van der Waals surface area contributed by atoms with E-state index in [2.05, 4.69) is 34.7 Å². The number of aromatic hydroxyl groups is 1. The first kappa shape index (κ1) is 22.4. The van der Waals surface area contributed by atoms with Gasteiger partial charge >= 0.3 is 0 Å². The number of hydrogen-bond acceptors (Lipinski definition) is 6. The molecule has 5 rings (SSSR count). The summed E-state index contributed by atoms with van der Waals surface area (Å²) in [6, 6.07) is 5.53. The molecule has 2 atom stereocenters. The van der Waals surface area contributed by atoms with Crippen molar-refractivity contribution in [2.45, 2.75) is 40.3 Å². The highest BCUT2D eigenvalue weighted by atomic mass is 79.9. The zero-order chi connectivity index (χ0) is 23.3. The number of halogens is 1. The van der Waals surface area contributed by atoms with E-state index in [1.54, 1.807) is 12.1 Å². The summed E-state index contributed by atoms with van der Waals surface area (Å²) in [5, 5.41) is 10.8. The number of Topliss-reactive ketones (excluding diaryl/α,β-unsaturated/α-hetero) is 1. The zero-order valence-corrected chi connectivity index (χ0v) is 20.7. The van der Waals surface area contributed by atoms with Crippen LogP contribution in [0.3, 0.4) is 0 Å². The molecule has 2 unspecified atom stereocenters. The van der Waals surface area contributed by atoms with Crippen LogP contribution < -0.4 is 9.47 Å². The minimum absolute atomic E-state index is 0.170. The van der Waals surface area contributed by atoms with E-state index in [4.69, 9.17) is 14.2 Å². The number of allylic oxidation sites excluding steroid dienone is 1. The third-order valence-electron chi connectivity index (χ3n) is 6.54. The number of benzene rings is 2. The average molecular weight is 514 g/mol. The van der Waals surface area contributed by atoms with Crippen LogP contribution in [0.5, 0.6) is 17.2 Å². The van der Waals surface area contributed by atoms with Gasteiger partial charge in [0.15, 0.2) is 12.6 Å². The maximum atomic E-state index is 13.4. The summed E-state index contributed by atoms with van der Waals surface area (Å²) in [5.41, 5.74) is 3.57. The fourth-order valence-electron chi connectivity index (χ4n) is 5.33. The number of phenols is 1. The number of nitrogens with zero attached hydrogens (tertiary/aromatic N) is 1. The molecule has 1 saturated heterocycles. The van der Waals surface area contributed by atoms with Gasteiger partial charge in [-0.25, -0.2) is 0 Å². The lowest BCUT2D eigenvalue weighted by molar-refractivity contribution is -0.0165. The Balaban J connectivity index is 1.52. The topological polar surface area (TPSA) is 68.2 Å². The molecule has 0 bridgehead atoms. The van der Waals surface area contributed by atoms with E-state index in [0.29, 0.717) is 53.2 Å². The van der Waals surface area contributed by atoms with Crippen LogP contribution in [0.4, 0.5) is 0 Å². The molecular weight excluding hydrogens is 486 g/mol. The number of hydrogen-bond donors (Lipinski definition) is 1. The second-order valence-corrected chi connectivity index (χ2v) is 10.5. The minimum Gasteiger partial charge on any atom is -0.507 e. The van der Waals surface area contributed by atoms with Gasteiger partial charge in [0.05, 0.1) is 17.7 Å². The minimum atomic E-state index is -0.176. The zero-order valence-electron chi connectivity index (χ0n) is 19.1. The summed E-state index contributed by atoms with van der Waals surface area (Å²) >= 11 is 3.53. The van der Waals surface area contributed by atoms with Crippen molar-refractivity contribution >= 4 is 27.8 Å². The molecule has 0 aromatic heterocycles. The summed E-state index contributed by atoms with van der Waals surface area (Å²) < 4.78 is 18.1. The van der Waals surface area contributed by atoms with Crippen molar-refractivity contribution in [2.24, 2.45) is 11.8 Å². The molecule has 7 heteroatoms. The Morgan fingerprint density at radius 2 is 1.94 bits per heavy atom. The van der Waals surface area contributed by atoms with E-state index < -0.39 is 0 Å². The Labute approximate surface area is 202 Å². The highest BCUT2D eigenvalue weighted by Crippen LogP contribution is 2.43. The molecular formula is C26H28BrNO5. The molecule has 0 amide bonds. The number of carbonyl (C=O) groups excluding carboxylic acids is 1. The molecule has 6 nitrogen and oxygen atoms in total. The highest BCUT2D eigenvalue weighted by Gasteiger charge is 2.35. The average Bonchev–Trinajstić information content (AvgIpc) is 3.06. The Hall–Kier alpha value is -2.35. The number of phenolic OH excluding ortho intramolecular Hbond substituents is 1. The number of aryl methyl sites for hydroxylation is 1. The van der Waals surface area contributed by atoms with Crippen molar-refractivity contribution in [2.75, 3.05) is 19.9 Å². The van der Waals surface area contributed by atoms with Crippen LogP contribution in [-0.4, -0.2) is 35.7 Å². The highest BCUT2D eigenvalue weighted by molar-refractivity contribution is 9.10. The third-order valence-corrected chi connectivity index (χ3v) is 6.99. The molecule has 174 valence electrons. The van der Waals surface area contributed by atoms with Gasteiger partial charge in [-0.2, -0.15) is 0 Å². The molecule has 33 heavy (non-hydrogen) atoms. The Kier molecular flexibility index (Phi) is 5.97. The smallest absolute Gasteiger partial charge is 0.232 e. The predicted octanol–water partition coefficient (Wildman–Crippen LogP) is 5.42. The Morgan fingerprint density at radius 3 is 2.70 bits per heavy atom. The SMILES string of the molecule is Cc1cc(O)c(CN2CC(C)CC(C)C2)c2c1C(=O)/C(=C\c1cc(Br)cc3c1OCOC3)O2. The number of piperidine rings is 1. The lowest BCUT2D eigenvalue weighted by atomic mass is 9.91. The van der Waals surface area contributed by atoms with Crippen LogP contribution in [0.1, 0.15) is 52.9 Å². The molecule has 1 fully saturated rings. The summed E-state index contributed by atoms with van der Waals surface area (Å²) in [4.78, 5) is 15.7. The summed E-state index contributed by atoms with van der Waals surface area (Å²) in [6.07, 6.45) is 2.93. The van der Waals surface area contributed by atoms with Gasteiger partial charge in [-0.1, -0.05) is 29.8 Å². The second kappa shape index (κ2) is 8.78. The summed E-state index contributed by atoms with van der Waals surface area (Å²) in [6.45, 7) is 9.45. The van der Waals surface area contributed by atoms with Gasteiger partial charge < -0.3 is 19.3 Å². The molecule has 0 saturated carbocycles. The van der Waals surface area contributed by atoms with E-state index in [-0.39, 0.29) is 24.1 Å². The monoisotopic (exact) mass is 513 g/mol. The van der Waals surface area contributed by atoms with E-state index in [0.717, 1.165) is 28.7 Å². The largest absolute Gasteiger partial charge is 0.507 e. The number of ether oxygens (including phenoxy) is 3. The number of carbonyl (C=O) groups is 1. The van der Waals surface area contributed by atoms with Gasteiger partial charge in [0.25, 0.3) is 0 Å². The van der Waals surface area contributed by atoms with Gasteiger partial charge in [-0.3, -0.25) is 9.69 Å². The van der Waals surface area contributed by atoms with Crippen LogP contribution >= 0.6 is 15.9 Å².